The van der Waals surface area contributed by atoms with E-state index in [9.17, 15) is 17.6 Å². The number of benzene rings is 2. The summed E-state index contributed by atoms with van der Waals surface area (Å²) in [5.74, 6) is -0.307. The fourth-order valence-electron chi connectivity index (χ4n) is 2.32. The van der Waals surface area contributed by atoms with Crippen molar-refractivity contribution in [3.05, 3.63) is 71.7 Å². The Labute approximate surface area is 118 Å². The minimum Gasteiger partial charge on any atom is -0.343 e. The van der Waals surface area contributed by atoms with Gasteiger partial charge in [0.05, 0.1) is 11.1 Å². The van der Waals surface area contributed by atoms with Gasteiger partial charge in [0.25, 0.3) is 0 Å². The number of halogens is 4. The lowest BCUT2D eigenvalue weighted by atomic mass is 10.1. The largest absolute Gasteiger partial charge is 0.416 e. The van der Waals surface area contributed by atoms with Gasteiger partial charge in [-0.15, -0.1) is 0 Å². The predicted molar refractivity (Wildman–Crippen MR) is 72.4 cm³/mol. The van der Waals surface area contributed by atoms with Crippen molar-refractivity contribution >= 4 is 10.9 Å². The number of fused-ring (bicyclic) bond motifs is 1. The van der Waals surface area contributed by atoms with Crippen molar-refractivity contribution in [2.75, 3.05) is 0 Å². The lowest BCUT2D eigenvalue weighted by Crippen LogP contribution is -2.05. The summed E-state index contributed by atoms with van der Waals surface area (Å²) in [7, 11) is 0. The highest BCUT2D eigenvalue weighted by molar-refractivity contribution is 5.80. The first-order valence-electron chi connectivity index (χ1n) is 6.34. The van der Waals surface area contributed by atoms with Gasteiger partial charge in [-0.1, -0.05) is 18.2 Å². The summed E-state index contributed by atoms with van der Waals surface area (Å²) in [6.07, 6.45) is -2.60. The molecule has 3 rings (SSSR count). The molecule has 1 aromatic heterocycles. The van der Waals surface area contributed by atoms with E-state index in [4.69, 9.17) is 0 Å². The van der Waals surface area contributed by atoms with Crippen LogP contribution in [0.1, 0.15) is 11.1 Å². The first-order chi connectivity index (χ1) is 9.95. The van der Waals surface area contributed by atoms with Crippen LogP contribution in [0.5, 0.6) is 0 Å². The van der Waals surface area contributed by atoms with E-state index < -0.39 is 11.7 Å². The van der Waals surface area contributed by atoms with Crippen LogP contribution >= 0.6 is 0 Å². The second-order valence-corrected chi connectivity index (χ2v) is 4.81. The van der Waals surface area contributed by atoms with Crippen molar-refractivity contribution in [3.8, 4) is 0 Å². The molecule has 0 saturated heterocycles. The lowest BCUT2D eigenvalue weighted by Gasteiger charge is -2.09. The van der Waals surface area contributed by atoms with E-state index in [1.165, 1.54) is 18.2 Å². The molecule has 5 heteroatoms. The molecule has 0 unspecified atom stereocenters. The van der Waals surface area contributed by atoms with Gasteiger partial charge < -0.3 is 4.57 Å². The number of rotatable bonds is 2. The van der Waals surface area contributed by atoms with E-state index in [1.807, 2.05) is 0 Å². The second kappa shape index (κ2) is 4.91. The molecule has 0 atom stereocenters. The minimum atomic E-state index is -4.33. The van der Waals surface area contributed by atoms with E-state index >= 15 is 0 Å². The molecule has 0 N–H and O–H groups in total. The van der Waals surface area contributed by atoms with Crippen LogP contribution in [0.4, 0.5) is 17.6 Å². The Morgan fingerprint density at radius 1 is 0.905 bits per heavy atom. The molecule has 0 bridgehead atoms. The molecule has 0 aliphatic rings. The first-order valence-corrected chi connectivity index (χ1v) is 6.34. The van der Waals surface area contributed by atoms with Crippen LogP contribution in [-0.4, -0.2) is 4.57 Å². The lowest BCUT2D eigenvalue weighted by molar-refractivity contribution is -0.137. The van der Waals surface area contributed by atoms with Gasteiger partial charge in [-0.05, 0) is 35.9 Å². The standard InChI is InChI=1S/C16H11F4N/c17-14-2-1-3-15-13(14)8-9-21(15)10-11-4-6-12(7-5-11)16(18,19)20/h1-9H,10H2. The third kappa shape index (κ3) is 2.63. The Morgan fingerprint density at radius 3 is 2.29 bits per heavy atom. The van der Waals surface area contributed by atoms with Crippen molar-refractivity contribution < 1.29 is 17.6 Å². The molecule has 0 fully saturated rings. The van der Waals surface area contributed by atoms with E-state index in [0.29, 0.717) is 11.9 Å². The summed E-state index contributed by atoms with van der Waals surface area (Å²) >= 11 is 0. The number of nitrogens with zero attached hydrogens (tertiary/aromatic N) is 1. The Morgan fingerprint density at radius 2 is 1.62 bits per heavy atom. The van der Waals surface area contributed by atoms with Crippen LogP contribution in [0.15, 0.2) is 54.7 Å². The highest BCUT2D eigenvalue weighted by Crippen LogP contribution is 2.29. The molecule has 2 aromatic carbocycles. The molecule has 108 valence electrons. The normalized spacial score (nSPS) is 12.0. The van der Waals surface area contributed by atoms with E-state index in [-0.39, 0.29) is 5.82 Å². The Bertz CT molecular complexity index is 769. The number of hydrogen-bond donors (Lipinski definition) is 0. The SMILES string of the molecule is Fc1cccc2c1ccn2Cc1ccc(C(F)(F)F)cc1. The van der Waals surface area contributed by atoms with Crippen LogP contribution in [0.3, 0.4) is 0 Å². The predicted octanol–water partition coefficient (Wildman–Crippen LogP) is 4.85. The van der Waals surface area contributed by atoms with Crippen molar-refractivity contribution in [1.29, 1.82) is 0 Å². The van der Waals surface area contributed by atoms with Crippen molar-refractivity contribution in [2.24, 2.45) is 0 Å². The second-order valence-electron chi connectivity index (χ2n) is 4.81. The number of hydrogen-bond acceptors (Lipinski definition) is 0. The summed E-state index contributed by atoms with van der Waals surface area (Å²) in [6.45, 7) is 0.394. The Kier molecular flexibility index (Phi) is 3.20. The van der Waals surface area contributed by atoms with Gasteiger partial charge in [-0.25, -0.2) is 4.39 Å². The molecule has 0 aliphatic carbocycles. The van der Waals surface area contributed by atoms with E-state index in [2.05, 4.69) is 0 Å². The summed E-state index contributed by atoms with van der Waals surface area (Å²) in [5.41, 5.74) is 0.773. The maximum absolute atomic E-state index is 13.6. The van der Waals surface area contributed by atoms with Gasteiger partial charge in [-0.2, -0.15) is 13.2 Å². The van der Waals surface area contributed by atoms with Gasteiger partial charge in [0.1, 0.15) is 5.82 Å². The number of alkyl halides is 3. The summed E-state index contributed by atoms with van der Waals surface area (Å²) in [6, 6.07) is 11.4. The van der Waals surface area contributed by atoms with Crippen LogP contribution in [0, 0.1) is 5.82 Å². The molecule has 1 heterocycles. The zero-order valence-electron chi connectivity index (χ0n) is 10.9. The molecular weight excluding hydrogens is 282 g/mol. The van der Waals surface area contributed by atoms with Crippen LogP contribution < -0.4 is 0 Å². The van der Waals surface area contributed by atoms with Crippen LogP contribution in [-0.2, 0) is 12.7 Å². The molecule has 0 radical (unpaired) electrons. The van der Waals surface area contributed by atoms with Crippen molar-refractivity contribution in [1.82, 2.24) is 4.57 Å². The average Bonchev–Trinajstić information content (AvgIpc) is 2.83. The van der Waals surface area contributed by atoms with Gasteiger partial charge in [0.2, 0.25) is 0 Å². The van der Waals surface area contributed by atoms with Gasteiger partial charge in [-0.3, -0.25) is 0 Å². The fourth-order valence-corrected chi connectivity index (χ4v) is 2.32. The topological polar surface area (TPSA) is 4.93 Å². The van der Waals surface area contributed by atoms with Crippen LogP contribution in [0.2, 0.25) is 0 Å². The molecule has 0 aliphatic heterocycles. The monoisotopic (exact) mass is 293 g/mol. The molecule has 0 amide bonds. The third-order valence-electron chi connectivity index (χ3n) is 3.39. The smallest absolute Gasteiger partial charge is 0.343 e. The van der Waals surface area contributed by atoms with Crippen LogP contribution in [0.25, 0.3) is 10.9 Å². The van der Waals surface area contributed by atoms with Gasteiger partial charge in [0, 0.05) is 18.1 Å². The first kappa shape index (κ1) is 13.7. The number of aromatic nitrogens is 1. The quantitative estimate of drug-likeness (QED) is 0.595. The Hall–Kier alpha value is -2.30. The molecule has 1 nitrogen and oxygen atoms in total. The van der Waals surface area contributed by atoms with Gasteiger partial charge >= 0.3 is 6.18 Å². The highest BCUT2D eigenvalue weighted by Gasteiger charge is 2.29. The van der Waals surface area contributed by atoms with Crippen molar-refractivity contribution in [3.63, 3.8) is 0 Å². The third-order valence-corrected chi connectivity index (χ3v) is 3.39. The molecule has 0 saturated carbocycles. The summed E-state index contributed by atoms with van der Waals surface area (Å²) < 4.78 is 52.9. The maximum atomic E-state index is 13.6. The highest BCUT2D eigenvalue weighted by atomic mass is 19.4. The Balaban J connectivity index is 1.90. The molecule has 3 aromatic rings. The maximum Gasteiger partial charge on any atom is 0.416 e. The average molecular weight is 293 g/mol. The van der Waals surface area contributed by atoms with Crippen molar-refractivity contribution in [2.45, 2.75) is 12.7 Å². The minimum absolute atomic E-state index is 0.307. The summed E-state index contributed by atoms with van der Waals surface area (Å²) in [4.78, 5) is 0. The van der Waals surface area contributed by atoms with Gasteiger partial charge in [0.15, 0.2) is 0 Å². The van der Waals surface area contributed by atoms with E-state index in [1.54, 1.807) is 29.0 Å². The summed E-state index contributed by atoms with van der Waals surface area (Å²) in [5, 5.41) is 0.504. The zero-order valence-corrected chi connectivity index (χ0v) is 10.9. The fraction of sp³-hybridized carbons (Fsp3) is 0.125. The molecule has 0 spiro atoms. The van der Waals surface area contributed by atoms with E-state index in [0.717, 1.165) is 23.2 Å². The zero-order chi connectivity index (χ0) is 15.0. The molecule has 21 heavy (non-hydrogen) atoms. The molecular formula is C16H11F4N.